The normalized spacial score (nSPS) is 10.7. The first-order valence-electron chi connectivity index (χ1n) is 4.29. The van der Waals surface area contributed by atoms with Crippen LogP contribution in [0.3, 0.4) is 0 Å². The average Bonchev–Trinajstić information content (AvgIpc) is 2.50. The van der Waals surface area contributed by atoms with Crippen LogP contribution >= 0.6 is 11.6 Å². The lowest BCUT2D eigenvalue weighted by Gasteiger charge is -2.03. The maximum atomic E-state index is 13.4. The van der Waals surface area contributed by atoms with Crippen LogP contribution < -0.4 is 0 Å². The molecule has 0 aliphatic carbocycles. The van der Waals surface area contributed by atoms with E-state index in [0.717, 1.165) is 17.6 Å². The first-order valence-corrected chi connectivity index (χ1v) is 4.67. The fourth-order valence-corrected chi connectivity index (χ4v) is 1.46. The second kappa shape index (κ2) is 3.58. The van der Waals surface area contributed by atoms with Crippen LogP contribution in [0.15, 0.2) is 12.3 Å². The summed E-state index contributed by atoms with van der Waals surface area (Å²) in [5, 5.41) is 4.11. The lowest BCUT2D eigenvalue weighted by atomic mass is 10.4. The highest BCUT2D eigenvalue weighted by Crippen LogP contribution is 2.14. The Kier molecular flexibility index (Phi) is 2.40. The molecule has 2 rings (SSSR count). The molecule has 0 amide bonds. The van der Waals surface area contributed by atoms with E-state index >= 15 is 0 Å². The minimum absolute atomic E-state index is 0.000969. The second-order valence-corrected chi connectivity index (χ2v) is 3.49. The van der Waals surface area contributed by atoms with Crippen molar-refractivity contribution in [3.8, 4) is 5.82 Å². The highest BCUT2D eigenvalue weighted by Gasteiger charge is 2.11. The lowest BCUT2D eigenvalue weighted by Crippen LogP contribution is -2.06. The van der Waals surface area contributed by atoms with E-state index in [-0.39, 0.29) is 11.1 Å². The van der Waals surface area contributed by atoms with E-state index in [2.05, 4.69) is 15.1 Å². The Hall–Kier alpha value is -1.49. The Labute approximate surface area is 90.7 Å². The average molecular weight is 227 g/mol. The van der Waals surface area contributed by atoms with Gasteiger partial charge in [-0.25, -0.2) is 14.1 Å². The van der Waals surface area contributed by atoms with Crippen LogP contribution in [-0.4, -0.2) is 19.7 Å². The number of nitrogens with zero attached hydrogens (tertiary/aromatic N) is 4. The molecule has 15 heavy (non-hydrogen) atoms. The van der Waals surface area contributed by atoms with Crippen molar-refractivity contribution in [3.63, 3.8) is 0 Å². The van der Waals surface area contributed by atoms with Gasteiger partial charge in [0.05, 0.1) is 11.9 Å². The van der Waals surface area contributed by atoms with Crippen molar-refractivity contribution >= 4 is 11.6 Å². The third-order valence-corrected chi connectivity index (χ3v) is 2.09. The molecule has 0 aliphatic heterocycles. The van der Waals surface area contributed by atoms with Crippen LogP contribution in [-0.2, 0) is 0 Å². The maximum Gasteiger partial charge on any atom is 0.224 e. The number of hydrogen-bond donors (Lipinski definition) is 0. The van der Waals surface area contributed by atoms with Crippen molar-refractivity contribution in [2.75, 3.05) is 0 Å². The predicted molar refractivity (Wildman–Crippen MR) is 53.6 cm³/mol. The zero-order chi connectivity index (χ0) is 11.0. The Morgan fingerprint density at radius 1 is 1.40 bits per heavy atom. The van der Waals surface area contributed by atoms with E-state index in [1.165, 1.54) is 4.68 Å². The van der Waals surface area contributed by atoms with E-state index in [1.54, 1.807) is 0 Å². The van der Waals surface area contributed by atoms with Crippen LogP contribution in [0.25, 0.3) is 5.82 Å². The van der Waals surface area contributed by atoms with Gasteiger partial charge in [-0.15, -0.1) is 0 Å². The van der Waals surface area contributed by atoms with Crippen molar-refractivity contribution in [2.24, 2.45) is 0 Å². The summed E-state index contributed by atoms with van der Waals surface area (Å²) in [5.41, 5.74) is 1.59. The molecule has 6 heteroatoms. The molecule has 0 fully saturated rings. The van der Waals surface area contributed by atoms with Crippen LogP contribution in [0.4, 0.5) is 4.39 Å². The highest BCUT2D eigenvalue weighted by molar-refractivity contribution is 6.28. The summed E-state index contributed by atoms with van der Waals surface area (Å²) in [6.07, 6.45) is 1.03. The van der Waals surface area contributed by atoms with E-state index in [9.17, 15) is 4.39 Å². The van der Waals surface area contributed by atoms with Gasteiger partial charge in [-0.3, -0.25) is 0 Å². The number of hydrogen-bond acceptors (Lipinski definition) is 3. The topological polar surface area (TPSA) is 43.6 Å². The van der Waals surface area contributed by atoms with Crippen molar-refractivity contribution in [1.82, 2.24) is 19.7 Å². The molecule has 0 bridgehead atoms. The third kappa shape index (κ3) is 1.83. The Morgan fingerprint density at radius 2 is 2.13 bits per heavy atom. The van der Waals surface area contributed by atoms with Crippen molar-refractivity contribution in [3.05, 3.63) is 34.8 Å². The van der Waals surface area contributed by atoms with Crippen LogP contribution in [0.2, 0.25) is 5.28 Å². The summed E-state index contributed by atoms with van der Waals surface area (Å²) in [5.74, 6) is -0.480. The number of aryl methyl sites for hydroxylation is 2. The highest BCUT2D eigenvalue weighted by atomic mass is 35.5. The quantitative estimate of drug-likeness (QED) is 0.700. The molecule has 2 aromatic rings. The molecule has 0 unspecified atom stereocenters. The minimum Gasteiger partial charge on any atom is -0.223 e. The standard InChI is InChI=1S/C9H8ClFN4/c1-5-3-6(2)15(14-5)8-7(11)4-12-9(10)13-8/h3-4H,1-2H3. The second-order valence-electron chi connectivity index (χ2n) is 3.15. The van der Waals surface area contributed by atoms with Gasteiger partial charge in [-0.1, -0.05) is 0 Å². The van der Waals surface area contributed by atoms with Crippen LogP contribution in [0, 0.1) is 19.7 Å². The van der Waals surface area contributed by atoms with E-state index in [4.69, 9.17) is 11.6 Å². The van der Waals surface area contributed by atoms with Crippen LogP contribution in [0.5, 0.6) is 0 Å². The Balaban J connectivity index is 2.62. The van der Waals surface area contributed by atoms with Gasteiger partial charge < -0.3 is 0 Å². The van der Waals surface area contributed by atoms with Gasteiger partial charge in [-0.05, 0) is 31.5 Å². The zero-order valence-corrected chi connectivity index (χ0v) is 8.96. The molecular weight excluding hydrogens is 219 g/mol. The zero-order valence-electron chi connectivity index (χ0n) is 8.20. The van der Waals surface area contributed by atoms with Crippen LogP contribution in [0.1, 0.15) is 11.4 Å². The van der Waals surface area contributed by atoms with E-state index in [0.29, 0.717) is 0 Å². The summed E-state index contributed by atoms with van der Waals surface area (Å²) in [4.78, 5) is 7.34. The van der Waals surface area contributed by atoms with E-state index < -0.39 is 5.82 Å². The summed E-state index contributed by atoms with van der Waals surface area (Å²) in [6, 6.07) is 1.83. The third-order valence-electron chi connectivity index (χ3n) is 1.91. The molecule has 2 heterocycles. The minimum atomic E-state index is -0.550. The van der Waals surface area contributed by atoms with Gasteiger partial charge in [0, 0.05) is 5.69 Å². The number of aromatic nitrogens is 4. The number of halogens is 2. The SMILES string of the molecule is Cc1cc(C)n(-c2nc(Cl)ncc2F)n1. The monoisotopic (exact) mass is 226 g/mol. The van der Waals surface area contributed by atoms with Gasteiger partial charge in [0.2, 0.25) is 5.28 Å². The number of rotatable bonds is 1. The molecule has 78 valence electrons. The maximum absolute atomic E-state index is 13.4. The van der Waals surface area contributed by atoms with Gasteiger partial charge in [0.1, 0.15) is 0 Å². The Bertz CT molecular complexity index is 509. The molecule has 0 atom stereocenters. The molecule has 4 nitrogen and oxygen atoms in total. The van der Waals surface area contributed by atoms with Crippen molar-refractivity contribution in [1.29, 1.82) is 0 Å². The molecular formula is C9H8ClFN4. The van der Waals surface area contributed by atoms with Gasteiger partial charge in [-0.2, -0.15) is 10.1 Å². The van der Waals surface area contributed by atoms with Gasteiger partial charge in [0.15, 0.2) is 11.6 Å². The summed E-state index contributed by atoms with van der Waals surface area (Å²) >= 11 is 5.60. The van der Waals surface area contributed by atoms with E-state index in [1.807, 2.05) is 19.9 Å². The summed E-state index contributed by atoms with van der Waals surface area (Å²) < 4.78 is 14.8. The van der Waals surface area contributed by atoms with Gasteiger partial charge in [0.25, 0.3) is 0 Å². The molecule has 0 spiro atoms. The fraction of sp³-hybridized carbons (Fsp3) is 0.222. The lowest BCUT2D eigenvalue weighted by molar-refractivity contribution is 0.589. The largest absolute Gasteiger partial charge is 0.224 e. The molecule has 0 saturated heterocycles. The van der Waals surface area contributed by atoms with Crippen molar-refractivity contribution in [2.45, 2.75) is 13.8 Å². The molecule has 0 radical (unpaired) electrons. The molecule has 0 saturated carbocycles. The fourth-order valence-electron chi connectivity index (χ4n) is 1.33. The molecule has 0 aromatic carbocycles. The first kappa shape index (κ1) is 10.0. The van der Waals surface area contributed by atoms with Gasteiger partial charge >= 0.3 is 0 Å². The Morgan fingerprint density at radius 3 is 2.73 bits per heavy atom. The summed E-state index contributed by atoms with van der Waals surface area (Å²) in [7, 11) is 0. The summed E-state index contributed by atoms with van der Waals surface area (Å²) in [6.45, 7) is 3.64. The van der Waals surface area contributed by atoms with Crippen molar-refractivity contribution < 1.29 is 4.39 Å². The molecule has 2 aromatic heterocycles. The molecule has 0 N–H and O–H groups in total. The predicted octanol–water partition coefficient (Wildman–Crippen LogP) is 2.07. The smallest absolute Gasteiger partial charge is 0.223 e. The molecule has 0 aliphatic rings. The first-order chi connectivity index (χ1) is 7.08.